The van der Waals surface area contributed by atoms with Gasteiger partial charge in [0.05, 0.1) is 10.9 Å². The lowest BCUT2D eigenvalue weighted by Crippen LogP contribution is -2.12. The molecule has 1 aromatic heterocycles. The summed E-state index contributed by atoms with van der Waals surface area (Å²) in [5, 5.41) is 0.530. The van der Waals surface area contributed by atoms with Gasteiger partial charge in [0.1, 0.15) is 18.0 Å². The first-order valence-corrected chi connectivity index (χ1v) is 7.19. The van der Waals surface area contributed by atoms with Gasteiger partial charge < -0.3 is 4.42 Å². The molecule has 0 bridgehead atoms. The maximum Gasteiger partial charge on any atom is 0.201 e. The number of allylic oxidation sites excluding steroid dienone is 1. The minimum Gasteiger partial charge on any atom is -0.463 e. The first-order chi connectivity index (χ1) is 10.7. The van der Waals surface area contributed by atoms with Crippen molar-refractivity contribution in [3.63, 3.8) is 0 Å². The highest BCUT2D eigenvalue weighted by molar-refractivity contribution is 5.91. The van der Waals surface area contributed by atoms with Crippen LogP contribution in [-0.2, 0) is 6.42 Å². The van der Waals surface area contributed by atoms with E-state index >= 15 is 0 Å². The van der Waals surface area contributed by atoms with E-state index in [0.717, 1.165) is 16.7 Å². The van der Waals surface area contributed by atoms with Gasteiger partial charge in [0.2, 0.25) is 5.43 Å². The predicted molar refractivity (Wildman–Crippen MR) is 85.6 cm³/mol. The van der Waals surface area contributed by atoms with Gasteiger partial charge in [-0.15, -0.1) is 0 Å². The summed E-state index contributed by atoms with van der Waals surface area (Å²) in [6.45, 7) is 0. The van der Waals surface area contributed by atoms with E-state index in [1.54, 1.807) is 12.1 Å². The van der Waals surface area contributed by atoms with Crippen LogP contribution in [0.2, 0.25) is 0 Å². The molecule has 0 spiro atoms. The van der Waals surface area contributed by atoms with Crippen molar-refractivity contribution in [2.45, 2.75) is 12.6 Å². The van der Waals surface area contributed by atoms with E-state index in [9.17, 15) is 9.18 Å². The molecular weight excluding hydrogens is 279 g/mol. The molecule has 0 saturated heterocycles. The molecule has 108 valence electrons. The van der Waals surface area contributed by atoms with Crippen molar-refractivity contribution in [1.29, 1.82) is 0 Å². The third kappa shape index (κ3) is 1.98. The number of rotatable bonds is 1. The van der Waals surface area contributed by atoms with Gasteiger partial charge in [0.15, 0.2) is 0 Å². The second-order valence-corrected chi connectivity index (χ2v) is 5.44. The summed E-state index contributed by atoms with van der Waals surface area (Å²) in [6.07, 6.45) is 4.00. The van der Waals surface area contributed by atoms with E-state index in [2.05, 4.69) is 0 Å². The fourth-order valence-electron chi connectivity index (χ4n) is 2.95. The summed E-state index contributed by atoms with van der Waals surface area (Å²) in [6, 6.07) is 13.0. The van der Waals surface area contributed by atoms with Crippen molar-refractivity contribution < 1.29 is 8.81 Å². The molecule has 1 heterocycles. The zero-order valence-corrected chi connectivity index (χ0v) is 11.8. The molecule has 0 fully saturated rings. The first-order valence-electron chi connectivity index (χ1n) is 7.19. The molecule has 2 nitrogen and oxygen atoms in total. The van der Waals surface area contributed by atoms with E-state index in [-0.39, 0.29) is 5.43 Å². The molecule has 2 aromatic carbocycles. The van der Waals surface area contributed by atoms with Crippen LogP contribution in [0.5, 0.6) is 0 Å². The summed E-state index contributed by atoms with van der Waals surface area (Å²) in [5.74, 6) is 0. The molecule has 1 unspecified atom stereocenters. The molecule has 1 aliphatic carbocycles. The molecule has 4 rings (SSSR count). The molecule has 1 aliphatic rings. The minimum atomic E-state index is -0.991. The van der Waals surface area contributed by atoms with Crippen LogP contribution in [0, 0.1) is 0 Å². The number of hydrogen-bond donors (Lipinski definition) is 0. The molecule has 22 heavy (non-hydrogen) atoms. The highest BCUT2D eigenvalue weighted by Gasteiger charge is 2.18. The van der Waals surface area contributed by atoms with Crippen molar-refractivity contribution in [3.8, 4) is 11.1 Å². The topological polar surface area (TPSA) is 30.2 Å². The van der Waals surface area contributed by atoms with Gasteiger partial charge in [-0.3, -0.25) is 4.79 Å². The summed E-state index contributed by atoms with van der Waals surface area (Å²) >= 11 is 0. The Balaban J connectivity index is 2.04. The van der Waals surface area contributed by atoms with Crippen LogP contribution in [0.4, 0.5) is 4.39 Å². The Morgan fingerprint density at radius 3 is 2.73 bits per heavy atom. The molecule has 0 N–H and O–H groups in total. The lowest BCUT2D eigenvalue weighted by atomic mass is 9.92. The lowest BCUT2D eigenvalue weighted by molar-refractivity contribution is 0.397. The average Bonchev–Trinajstić information content (AvgIpc) is 2.55. The monoisotopic (exact) mass is 292 g/mol. The number of hydrogen-bond acceptors (Lipinski definition) is 2. The summed E-state index contributed by atoms with van der Waals surface area (Å²) in [5.41, 5.74) is 3.42. The minimum absolute atomic E-state index is 0.0775. The third-order valence-electron chi connectivity index (χ3n) is 4.04. The van der Waals surface area contributed by atoms with E-state index in [1.165, 1.54) is 12.3 Å². The molecular formula is C19H13FO2. The normalized spacial score (nSPS) is 16.7. The first kappa shape index (κ1) is 13.0. The Morgan fingerprint density at radius 1 is 1.09 bits per heavy atom. The van der Waals surface area contributed by atoms with E-state index in [0.29, 0.717) is 23.0 Å². The maximum atomic E-state index is 13.5. The van der Waals surface area contributed by atoms with Crippen LogP contribution in [0.15, 0.2) is 64.0 Å². The zero-order valence-electron chi connectivity index (χ0n) is 11.8. The number of alkyl halides is 1. The van der Waals surface area contributed by atoms with Gasteiger partial charge in [-0.1, -0.05) is 42.5 Å². The fraction of sp³-hybridized carbons (Fsp3) is 0.105. The number of fused-ring (bicyclic) bond motifs is 3. The predicted octanol–water partition coefficient (Wildman–Crippen LogP) is 4.37. The molecule has 0 amide bonds. The Kier molecular flexibility index (Phi) is 2.93. The average molecular weight is 292 g/mol. The molecule has 1 atom stereocenters. The molecule has 3 heteroatoms. The summed E-state index contributed by atoms with van der Waals surface area (Å²) < 4.78 is 19.2. The van der Waals surface area contributed by atoms with Gasteiger partial charge in [-0.2, -0.15) is 0 Å². The Bertz CT molecular complexity index is 939. The van der Waals surface area contributed by atoms with Crippen LogP contribution in [0.25, 0.3) is 28.2 Å². The quantitative estimate of drug-likeness (QED) is 0.666. The third-order valence-corrected chi connectivity index (χ3v) is 4.04. The van der Waals surface area contributed by atoms with Crippen LogP contribution >= 0.6 is 0 Å². The van der Waals surface area contributed by atoms with Gasteiger partial charge >= 0.3 is 0 Å². The van der Waals surface area contributed by atoms with Crippen molar-refractivity contribution in [1.82, 2.24) is 0 Å². The van der Waals surface area contributed by atoms with E-state index in [1.807, 2.05) is 36.4 Å². The van der Waals surface area contributed by atoms with Crippen molar-refractivity contribution in [2.75, 3.05) is 0 Å². The maximum absolute atomic E-state index is 13.5. The van der Waals surface area contributed by atoms with Crippen LogP contribution in [0.3, 0.4) is 0 Å². The molecule has 0 saturated carbocycles. The smallest absolute Gasteiger partial charge is 0.201 e. The Morgan fingerprint density at radius 2 is 1.91 bits per heavy atom. The zero-order chi connectivity index (χ0) is 15.1. The van der Waals surface area contributed by atoms with E-state index in [4.69, 9.17) is 4.42 Å². The second kappa shape index (κ2) is 4.95. The van der Waals surface area contributed by atoms with E-state index < -0.39 is 6.17 Å². The largest absolute Gasteiger partial charge is 0.463 e. The second-order valence-electron chi connectivity index (χ2n) is 5.44. The van der Waals surface area contributed by atoms with Gasteiger partial charge in [0, 0.05) is 6.42 Å². The Hall–Kier alpha value is -2.68. The molecule has 0 radical (unpaired) electrons. The van der Waals surface area contributed by atoms with Crippen LogP contribution < -0.4 is 5.43 Å². The van der Waals surface area contributed by atoms with Crippen LogP contribution in [-0.4, -0.2) is 6.17 Å². The van der Waals surface area contributed by atoms with Gasteiger partial charge in [0.25, 0.3) is 0 Å². The number of halogens is 1. The van der Waals surface area contributed by atoms with Crippen LogP contribution in [0.1, 0.15) is 11.1 Å². The number of benzene rings is 2. The summed E-state index contributed by atoms with van der Waals surface area (Å²) in [4.78, 5) is 12.9. The highest BCUT2D eigenvalue weighted by atomic mass is 19.1. The van der Waals surface area contributed by atoms with Gasteiger partial charge in [-0.05, 0) is 28.8 Å². The fourth-order valence-corrected chi connectivity index (χ4v) is 2.95. The molecule has 0 aliphatic heterocycles. The van der Waals surface area contributed by atoms with Crippen molar-refractivity contribution in [2.24, 2.45) is 0 Å². The lowest BCUT2D eigenvalue weighted by Gasteiger charge is -2.15. The molecule has 3 aromatic rings. The SMILES string of the molecule is O=c1c(-c2ccccc2)coc2ccc3c(c12)C=CC(F)C3. The summed E-state index contributed by atoms with van der Waals surface area (Å²) in [7, 11) is 0. The van der Waals surface area contributed by atoms with Crippen molar-refractivity contribution >= 4 is 17.0 Å². The van der Waals surface area contributed by atoms with Crippen molar-refractivity contribution in [3.05, 3.63) is 76.2 Å². The Labute approximate surface area is 126 Å². The highest BCUT2D eigenvalue weighted by Crippen LogP contribution is 2.29. The van der Waals surface area contributed by atoms with Gasteiger partial charge in [-0.25, -0.2) is 4.39 Å². The standard InChI is InChI=1S/C19H13FO2/c20-14-7-8-15-13(10-14)6-9-17-18(15)19(21)16(11-22-17)12-4-2-1-3-5-12/h1-9,11,14H,10H2.